The third kappa shape index (κ3) is 6.72. The summed E-state index contributed by atoms with van der Waals surface area (Å²) in [5, 5.41) is 15.1. The van der Waals surface area contributed by atoms with E-state index < -0.39 is 21.0 Å². The van der Waals surface area contributed by atoms with Crippen molar-refractivity contribution in [3.8, 4) is 11.5 Å². The van der Waals surface area contributed by atoms with Gasteiger partial charge >= 0.3 is 6.03 Å². The first kappa shape index (κ1) is 28.3. The standard InChI is InChI=1S/C31H26N4O6S/c36-31(33-24-13-15-26(16-14-24)35(37)38)34(25-17-19-28(20-18-25)41-27-9-2-1-3-10-27)22-21-32-42(39,40)30-12-6-8-23-7-4-5-11-29(23)30/h1-20,32H,21-22H2,(H,33,36). The largest absolute Gasteiger partial charge is 0.457 e. The van der Waals surface area contributed by atoms with Crippen LogP contribution in [0.1, 0.15) is 0 Å². The second kappa shape index (κ2) is 12.5. The van der Waals surface area contributed by atoms with Crippen LogP contribution in [0.4, 0.5) is 21.9 Å². The summed E-state index contributed by atoms with van der Waals surface area (Å²) >= 11 is 0. The minimum Gasteiger partial charge on any atom is -0.457 e. The molecule has 42 heavy (non-hydrogen) atoms. The summed E-state index contributed by atoms with van der Waals surface area (Å²) < 4.78 is 34.9. The number of carbonyl (C=O) groups excluding carboxylic acids is 1. The smallest absolute Gasteiger partial charge is 0.326 e. The summed E-state index contributed by atoms with van der Waals surface area (Å²) in [5.41, 5.74) is 0.719. The van der Waals surface area contributed by atoms with Gasteiger partial charge in [0.15, 0.2) is 0 Å². The van der Waals surface area contributed by atoms with Crippen molar-refractivity contribution in [2.45, 2.75) is 4.90 Å². The molecule has 0 unspecified atom stereocenters. The summed E-state index contributed by atoms with van der Waals surface area (Å²) in [6.07, 6.45) is 0. The number of carbonyl (C=O) groups is 1. The highest BCUT2D eigenvalue weighted by atomic mass is 32.2. The minimum absolute atomic E-state index is 0.0122. The number of ether oxygens (including phenoxy) is 1. The quantitative estimate of drug-likeness (QED) is 0.142. The van der Waals surface area contributed by atoms with Gasteiger partial charge in [0.25, 0.3) is 5.69 Å². The number of benzene rings is 5. The first-order valence-corrected chi connectivity index (χ1v) is 14.4. The molecule has 0 radical (unpaired) electrons. The van der Waals surface area contributed by atoms with Crippen molar-refractivity contribution in [3.05, 3.63) is 131 Å². The molecule has 5 rings (SSSR count). The average molecular weight is 583 g/mol. The summed E-state index contributed by atoms with van der Waals surface area (Å²) in [6.45, 7) is -0.0940. The van der Waals surface area contributed by atoms with Gasteiger partial charge in [-0.05, 0) is 60.0 Å². The Hall–Kier alpha value is -5.26. The van der Waals surface area contributed by atoms with E-state index in [9.17, 15) is 23.3 Å². The number of amides is 2. The fourth-order valence-corrected chi connectivity index (χ4v) is 5.57. The third-order valence-electron chi connectivity index (χ3n) is 6.37. The van der Waals surface area contributed by atoms with Crippen LogP contribution in [0.5, 0.6) is 11.5 Å². The molecular weight excluding hydrogens is 556 g/mol. The van der Waals surface area contributed by atoms with E-state index in [1.54, 1.807) is 42.5 Å². The monoisotopic (exact) mass is 582 g/mol. The summed E-state index contributed by atoms with van der Waals surface area (Å²) in [5.74, 6) is 1.21. The molecule has 2 amide bonds. The number of nitro groups is 1. The molecule has 10 nitrogen and oxygen atoms in total. The molecule has 11 heteroatoms. The lowest BCUT2D eigenvalue weighted by Crippen LogP contribution is -2.41. The Morgan fingerprint density at radius 2 is 1.43 bits per heavy atom. The lowest BCUT2D eigenvalue weighted by molar-refractivity contribution is -0.384. The van der Waals surface area contributed by atoms with Crippen LogP contribution >= 0.6 is 0 Å². The summed E-state index contributed by atoms with van der Waals surface area (Å²) in [4.78, 5) is 25.4. The Labute approximate surface area is 242 Å². The number of hydrogen-bond acceptors (Lipinski definition) is 6. The zero-order chi connectivity index (χ0) is 29.5. The highest BCUT2D eigenvalue weighted by molar-refractivity contribution is 7.89. The maximum Gasteiger partial charge on any atom is 0.326 e. The first-order chi connectivity index (χ1) is 20.3. The number of hydrogen-bond donors (Lipinski definition) is 2. The van der Waals surface area contributed by atoms with Crippen LogP contribution in [0.2, 0.25) is 0 Å². The van der Waals surface area contributed by atoms with E-state index in [1.807, 2.05) is 48.5 Å². The molecule has 0 aliphatic heterocycles. The number of anilines is 2. The molecule has 0 saturated heterocycles. The Bertz CT molecular complexity index is 1810. The summed E-state index contributed by atoms with van der Waals surface area (Å²) in [6, 6.07) is 33.1. The number of rotatable bonds is 10. The van der Waals surface area contributed by atoms with E-state index in [0.717, 1.165) is 5.39 Å². The van der Waals surface area contributed by atoms with Gasteiger partial charge in [0, 0.05) is 42.0 Å². The predicted molar refractivity (Wildman–Crippen MR) is 162 cm³/mol. The van der Waals surface area contributed by atoms with E-state index in [4.69, 9.17) is 4.74 Å². The zero-order valence-electron chi connectivity index (χ0n) is 22.2. The molecule has 0 aromatic heterocycles. The molecule has 0 saturated carbocycles. The van der Waals surface area contributed by atoms with Crippen LogP contribution in [0.15, 0.2) is 126 Å². The Morgan fingerprint density at radius 3 is 2.14 bits per heavy atom. The van der Waals surface area contributed by atoms with Crippen molar-refractivity contribution in [2.24, 2.45) is 0 Å². The second-order valence-corrected chi connectivity index (χ2v) is 10.9. The lowest BCUT2D eigenvalue weighted by atomic mass is 10.1. The van der Waals surface area contributed by atoms with Gasteiger partial charge in [0.05, 0.1) is 9.82 Å². The number of sulfonamides is 1. The molecule has 0 heterocycles. The number of nitro benzene ring substituents is 1. The van der Waals surface area contributed by atoms with Crippen LogP contribution in [0, 0.1) is 10.1 Å². The van der Waals surface area contributed by atoms with Crippen molar-refractivity contribution in [3.63, 3.8) is 0 Å². The van der Waals surface area contributed by atoms with E-state index in [0.29, 0.717) is 28.3 Å². The fourth-order valence-electron chi connectivity index (χ4n) is 4.32. The van der Waals surface area contributed by atoms with E-state index >= 15 is 0 Å². The molecule has 0 fully saturated rings. The Kier molecular flexibility index (Phi) is 8.42. The SMILES string of the molecule is O=C(Nc1ccc([N+](=O)[O-])cc1)N(CCNS(=O)(=O)c1cccc2ccccc12)c1ccc(Oc2ccccc2)cc1. The van der Waals surface area contributed by atoms with E-state index in [-0.39, 0.29) is 23.7 Å². The third-order valence-corrected chi connectivity index (χ3v) is 7.89. The highest BCUT2D eigenvalue weighted by Gasteiger charge is 2.20. The average Bonchev–Trinajstić information content (AvgIpc) is 3.00. The second-order valence-electron chi connectivity index (χ2n) is 9.17. The first-order valence-electron chi connectivity index (χ1n) is 12.9. The number of non-ortho nitro benzene ring substituents is 1. The van der Waals surface area contributed by atoms with Crippen LogP contribution in [-0.2, 0) is 10.0 Å². The Balaban J connectivity index is 1.35. The number of fused-ring (bicyclic) bond motifs is 1. The van der Waals surface area contributed by atoms with Crippen LogP contribution in [0.3, 0.4) is 0 Å². The van der Waals surface area contributed by atoms with Gasteiger partial charge in [-0.2, -0.15) is 0 Å². The molecule has 5 aromatic carbocycles. The molecule has 5 aromatic rings. The van der Waals surface area contributed by atoms with Gasteiger partial charge in [-0.1, -0.05) is 54.6 Å². The maximum atomic E-state index is 13.4. The van der Waals surface area contributed by atoms with Crippen LogP contribution < -0.4 is 19.7 Å². The zero-order valence-corrected chi connectivity index (χ0v) is 23.0. The number of nitrogens with zero attached hydrogens (tertiary/aromatic N) is 2. The summed E-state index contributed by atoms with van der Waals surface area (Å²) in [7, 11) is -3.90. The number of para-hydroxylation sites is 1. The van der Waals surface area contributed by atoms with Gasteiger partial charge < -0.3 is 10.1 Å². The number of urea groups is 1. The van der Waals surface area contributed by atoms with Crippen molar-refractivity contribution in [1.82, 2.24) is 4.72 Å². The molecule has 212 valence electrons. The van der Waals surface area contributed by atoms with Crippen molar-refractivity contribution >= 4 is 43.9 Å². The van der Waals surface area contributed by atoms with E-state index in [2.05, 4.69) is 10.0 Å². The topological polar surface area (TPSA) is 131 Å². The maximum absolute atomic E-state index is 13.4. The number of nitrogens with one attached hydrogen (secondary N) is 2. The molecule has 0 spiro atoms. The van der Waals surface area contributed by atoms with Gasteiger partial charge in [-0.25, -0.2) is 17.9 Å². The van der Waals surface area contributed by atoms with Gasteiger partial charge in [-0.3, -0.25) is 15.0 Å². The molecular formula is C31H26N4O6S. The molecule has 0 aliphatic carbocycles. The fraction of sp³-hybridized carbons (Fsp3) is 0.0645. The Morgan fingerprint density at radius 1 is 0.786 bits per heavy atom. The highest BCUT2D eigenvalue weighted by Crippen LogP contribution is 2.26. The van der Waals surface area contributed by atoms with E-state index in [1.165, 1.54) is 35.2 Å². The van der Waals surface area contributed by atoms with Crippen molar-refractivity contribution in [1.29, 1.82) is 0 Å². The predicted octanol–water partition coefficient (Wildman–Crippen LogP) is 6.56. The minimum atomic E-state index is -3.90. The van der Waals surface area contributed by atoms with Gasteiger partial charge in [0.2, 0.25) is 10.0 Å². The van der Waals surface area contributed by atoms with Gasteiger partial charge in [0.1, 0.15) is 11.5 Å². The molecule has 2 N–H and O–H groups in total. The van der Waals surface area contributed by atoms with Gasteiger partial charge in [-0.15, -0.1) is 0 Å². The normalized spacial score (nSPS) is 11.1. The van der Waals surface area contributed by atoms with Crippen molar-refractivity contribution in [2.75, 3.05) is 23.3 Å². The lowest BCUT2D eigenvalue weighted by Gasteiger charge is -2.24. The van der Waals surface area contributed by atoms with Crippen LogP contribution in [-0.4, -0.2) is 32.5 Å². The van der Waals surface area contributed by atoms with Crippen molar-refractivity contribution < 1.29 is 22.9 Å². The molecule has 0 atom stereocenters. The molecule has 0 bridgehead atoms. The van der Waals surface area contributed by atoms with Crippen LogP contribution in [0.25, 0.3) is 10.8 Å². The molecule has 0 aliphatic rings.